The number of rotatable bonds is 7. The van der Waals surface area contributed by atoms with Crippen LogP contribution >= 0.6 is 0 Å². The molecule has 1 heterocycles. The smallest absolute Gasteiger partial charge is 0.189 e. The van der Waals surface area contributed by atoms with Crippen LogP contribution in [0.4, 0.5) is 5.82 Å². The zero-order valence-corrected chi connectivity index (χ0v) is 14.0. The average molecular weight is 323 g/mol. The summed E-state index contributed by atoms with van der Waals surface area (Å²) in [6, 6.07) is 7.76. The maximum absolute atomic E-state index is 5.78. The van der Waals surface area contributed by atoms with Crippen molar-refractivity contribution in [2.24, 2.45) is 0 Å². The molecule has 0 amide bonds. The van der Waals surface area contributed by atoms with E-state index in [4.69, 9.17) is 15.9 Å². The molecule has 1 aromatic carbocycles. The van der Waals surface area contributed by atoms with Crippen LogP contribution in [0.15, 0.2) is 24.3 Å². The summed E-state index contributed by atoms with van der Waals surface area (Å²) in [4.78, 5) is 0. The molecule has 1 aromatic heterocycles. The van der Waals surface area contributed by atoms with Crippen LogP contribution in [0.3, 0.4) is 0 Å². The second kappa shape index (κ2) is 7.33. The Kier molecular flexibility index (Phi) is 4.97. The van der Waals surface area contributed by atoms with E-state index in [0.717, 1.165) is 22.6 Å². The number of hydrogen-bond donors (Lipinski definition) is 1. The molecule has 24 heavy (non-hydrogen) atoms. The van der Waals surface area contributed by atoms with Gasteiger partial charge in [-0.1, -0.05) is 5.92 Å². The fourth-order valence-corrected chi connectivity index (χ4v) is 2.56. The third-order valence-electron chi connectivity index (χ3n) is 4.00. The van der Waals surface area contributed by atoms with Gasteiger partial charge in [-0.25, -0.2) is 0 Å². The van der Waals surface area contributed by atoms with Gasteiger partial charge in [0.15, 0.2) is 6.79 Å². The van der Waals surface area contributed by atoms with Crippen LogP contribution in [0.2, 0.25) is 0 Å². The van der Waals surface area contributed by atoms with E-state index >= 15 is 0 Å². The fraction of sp³-hybridized carbons (Fsp3) is 0.368. The second-order valence-corrected chi connectivity index (χ2v) is 5.67. The topological polar surface area (TPSA) is 56.3 Å². The fourth-order valence-electron chi connectivity index (χ4n) is 2.56. The molecular formula is C19H21N3O2. The molecule has 1 aliphatic carbocycles. The highest BCUT2D eigenvalue weighted by Gasteiger charge is 2.29. The van der Waals surface area contributed by atoms with Crippen molar-refractivity contribution in [1.82, 2.24) is 10.2 Å². The van der Waals surface area contributed by atoms with Gasteiger partial charge in [0, 0.05) is 24.8 Å². The van der Waals surface area contributed by atoms with Crippen molar-refractivity contribution in [3.05, 3.63) is 35.4 Å². The minimum Gasteiger partial charge on any atom is -0.467 e. The monoisotopic (exact) mass is 323 g/mol. The molecule has 0 unspecified atom stereocenters. The van der Waals surface area contributed by atoms with Gasteiger partial charge in [-0.05, 0) is 55.5 Å². The van der Waals surface area contributed by atoms with Crippen molar-refractivity contribution in [2.75, 3.05) is 25.8 Å². The number of benzene rings is 1. The van der Waals surface area contributed by atoms with Gasteiger partial charge in [0.05, 0.1) is 0 Å². The molecule has 1 N–H and O–H groups in total. The highest BCUT2D eigenvalue weighted by molar-refractivity contribution is 5.72. The Morgan fingerprint density at radius 1 is 1.29 bits per heavy atom. The molecule has 0 spiro atoms. The molecule has 5 heteroatoms. The van der Waals surface area contributed by atoms with Crippen molar-refractivity contribution in [3.8, 4) is 29.4 Å². The second-order valence-electron chi connectivity index (χ2n) is 5.67. The molecule has 0 aliphatic heterocycles. The summed E-state index contributed by atoms with van der Waals surface area (Å²) in [5, 5.41) is 11.7. The molecule has 0 saturated heterocycles. The summed E-state index contributed by atoms with van der Waals surface area (Å²) in [6.45, 7) is 2.70. The van der Waals surface area contributed by atoms with Crippen molar-refractivity contribution in [3.63, 3.8) is 0 Å². The lowest BCUT2D eigenvalue weighted by Crippen LogP contribution is -2.05. The van der Waals surface area contributed by atoms with Crippen LogP contribution in [-0.2, 0) is 4.74 Å². The first-order valence-corrected chi connectivity index (χ1v) is 8.13. The third-order valence-corrected chi connectivity index (χ3v) is 4.00. The van der Waals surface area contributed by atoms with Gasteiger partial charge in [0.1, 0.15) is 17.3 Å². The standard InChI is InChI=1S/C19H21N3O2/c1-4-13-6-9-15(17(10-13)24-12-23-5-2)19-16(14-7-8-14)11-18(20-3)21-22-19/h1,6,9-11,14H,5,7-8,12H2,2-3H3,(H,20,21). The number of anilines is 1. The maximum Gasteiger partial charge on any atom is 0.189 e. The summed E-state index contributed by atoms with van der Waals surface area (Å²) in [5.41, 5.74) is 3.71. The molecule has 0 radical (unpaired) electrons. The third kappa shape index (κ3) is 3.50. The summed E-state index contributed by atoms with van der Waals surface area (Å²) in [5.74, 6) is 4.62. The van der Waals surface area contributed by atoms with E-state index in [1.54, 1.807) is 0 Å². The Bertz CT molecular complexity index is 764. The SMILES string of the molecule is C#Cc1ccc(-c2nnc(NC)cc2C2CC2)c(OCOCC)c1. The lowest BCUT2D eigenvalue weighted by atomic mass is 10.0. The van der Waals surface area contributed by atoms with Gasteiger partial charge in [-0.2, -0.15) is 0 Å². The number of hydrogen-bond acceptors (Lipinski definition) is 5. The zero-order chi connectivity index (χ0) is 16.9. The first kappa shape index (κ1) is 16.3. The van der Waals surface area contributed by atoms with Crippen LogP contribution in [0, 0.1) is 12.3 Å². The van der Waals surface area contributed by atoms with Crippen molar-refractivity contribution in [1.29, 1.82) is 0 Å². The number of ether oxygens (including phenoxy) is 2. The van der Waals surface area contributed by atoms with Crippen molar-refractivity contribution in [2.45, 2.75) is 25.7 Å². The zero-order valence-electron chi connectivity index (χ0n) is 14.0. The highest BCUT2D eigenvalue weighted by atomic mass is 16.7. The van der Waals surface area contributed by atoms with Crippen LogP contribution in [0.1, 0.15) is 36.8 Å². The van der Waals surface area contributed by atoms with E-state index < -0.39 is 0 Å². The van der Waals surface area contributed by atoms with Crippen LogP contribution in [-0.4, -0.2) is 30.6 Å². The Labute approximate surface area is 142 Å². The van der Waals surface area contributed by atoms with Gasteiger partial charge >= 0.3 is 0 Å². The Morgan fingerprint density at radius 2 is 2.12 bits per heavy atom. The van der Waals surface area contributed by atoms with E-state index in [1.165, 1.54) is 18.4 Å². The Morgan fingerprint density at radius 3 is 2.79 bits per heavy atom. The van der Waals surface area contributed by atoms with E-state index in [1.807, 2.05) is 32.2 Å². The summed E-state index contributed by atoms with van der Waals surface area (Å²) in [7, 11) is 1.85. The molecule has 1 aliphatic rings. The van der Waals surface area contributed by atoms with Crippen molar-refractivity contribution < 1.29 is 9.47 Å². The quantitative estimate of drug-likeness (QED) is 0.481. The van der Waals surface area contributed by atoms with Crippen LogP contribution < -0.4 is 10.1 Å². The van der Waals surface area contributed by atoms with Gasteiger partial charge in [-0.3, -0.25) is 0 Å². The lowest BCUT2D eigenvalue weighted by Gasteiger charge is -2.14. The Hall–Kier alpha value is -2.58. The molecule has 124 valence electrons. The predicted molar refractivity (Wildman–Crippen MR) is 94.0 cm³/mol. The molecule has 3 rings (SSSR count). The number of nitrogens with one attached hydrogen (secondary N) is 1. The van der Waals surface area contributed by atoms with Gasteiger partial charge in [0.25, 0.3) is 0 Å². The number of nitrogens with zero attached hydrogens (tertiary/aromatic N) is 2. The summed E-state index contributed by atoms with van der Waals surface area (Å²) in [6.07, 6.45) is 7.88. The minimum absolute atomic E-state index is 0.179. The van der Waals surface area contributed by atoms with Crippen molar-refractivity contribution >= 4 is 5.82 Å². The molecule has 1 fully saturated rings. The normalized spacial score (nSPS) is 13.4. The molecule has 0 atom stereocenters. The predicted octanol–water partition coefficient (Wildman–Crippen LogP) is 3.42. The van der Waals surface area contributed by atoms with Gasteiger partial charge in [0.2, 0.25) is 0 Å². The molecule has 0 bridgehead atoms. The largest absolute Gasteiger partial charge is 0.467 e. The molecule has 1 saturated carbocycles. The van der Waals surface area contributed by atoms with E-state index in [-0.39, 0.29) is 6.79 Å². The number of terminal acetylenes is 1. The molecule has 5 nitrogen and oxygen atoms in total. The first-order chi connectivity index (χ1) is 11.8. The van der Waals surface area contributed by atoms with Gasteiger partial charge < -0.3 is 14.8 Å². The molecular weight excluding hydrogens is 302 g/mol. The summed E-state index contributed by atoms with van der Waals surface area (Å²) < 4.78 is 11.1. The molecule has 2 aromatic rings. The van der Waals surface area contributed by atoms with Crippen LogP contribution in [0.5, 0.6) is 5.75 Å². The van der Waals surface area contributed by atoms with Crippen LogP contribution in [0.25, 0.3) is 11.3 Å². The maximum atomic E-state index is 5.78. The number of aromatic nitrogens is 2. The lowest BCUT2D eigenvalue weighted by molar-refractivity contribution is 0.0227. The first-order valence-electron chi connectivity index (χ1n) is 8.13. The van der Waals surface area contributed by atoms with E-state index in [9.17, 15) is 0 Å². The summed E-state index contributed by atoms with van der Waals surface area (Å²) >= 11 is 0. The van der Waals surface area contributed by atoms with E-state index in [0.29, 0.717) is 18.3 Å². The Balaban J connectivity index is 2.03. The minimum atomic E-state index is 0.179. The van der Waals surface area contributed by atoms with E-state index in [2.05, 4.69) is 27.5 Å². The average Bonchev–Trinajstić information content (AvgIpc) is 3.46. The highest BCUT2D eigenvalue weighted by Crippen LogP contribution is 2.45. The van der Waals surface area contributed by atoms with Gasteiger partial charge in [-0.15, -0.1) is 16.6 Å².